The lowest BCUT2D eigenvalue weighted by Gasteiger charge is -2.35. The van der Waals surface area contributed by atoms with Gasteiger partial charge in [-0.05, 0) is 51.9 Å². The Morgan fingerprint density at radius 3 is 2.73 bits per heavy atom. The quantitative estimate of drug-likeness (QED) is 0.696. The third kappa shape index (κ3) is 3.83. The van der Waals surface area contributed by atoms with E-state index >= 15 is 0 Å². The summed E-state index contributed by atoms with van der Waals surface area (Å²) in [6, 6.07) is 0. The van der Waals surface area contributed by atoms with E-state index in [0.717, 1.165) is 32.1 Å². The Morgan fingerprint density at radius 1 is 1.47 bits per heavy atom. The molecule has 1 rings (SSSR count). The van der Waals surface area contributed by atoms with Gasteiger partial charge in [0, 0.05) is 0 Å². The van der Waals surface area contributed by atoms with Crippen molar-refractivity contribution in [2.24, 2.45) is 5.92 Å². The van der Waals surface area contributed by atoms with Crippen LogP contribution in [0.4, 0.5) is 0 Å². The summed E-state index contributed by atoms with van der Waals surface area (Å²) >= 11 is 0. The van der Waals surface area contributed by atoms with Gasteiger partial charge in [0.1, 0.15) is 0 Å². The Labute approximate surface area is 93.9 Å². The van der Waals surface area contributed by atoms with Gasteiger partial charge in [0.05, 0.1) is 5.60 Å². The topological polar surface area (TPSA) is 20.2 Å². The predicted molar refractivity (Wildman–Crippen MR) is 65.8 cm³/mol. The second-order valence-corrected chi connectivity index (χ2v) is 5.08. The maximum Gasteiger partial charge on any atom is 0.0710 e. The van der Waals surface area contributed by atoms with E-state index in [2.05, 4.69) is 39.0 Å². The molecular weight excluding hydrogens is 184 g/mol. The molecule has 0 amide bonds. The predicted octanol–water partition coefficient (Wildman–Crippen LogP) is 3.84. The van der Waals surface area contributed by atoms with Gasteiger partial charge in [0.25, 0.3) is 0 Å². The van der Waals surface area contributed by atoms with Crippen LogP contribution in [0.25, 0.3) is 0 Å². The molecular formula is C14H24O. The molecule has 0 saturated carbocycles. The van der Waals surface area contributed by atoms with Gasteiger partial charge < -0.3 is 5.11 Å². The molecule has 0 bridgehead atoms. The number of hydrogen-bond acceptors (Lipinski definition) is 1. The third-order valence-corrected chi connectivity index (χ3v) is 3.45. The van der Waals surface area contributed by atoms with E-state index in [1.807, 2.05) is 0 Å². The van der Waals surface area contributed by atoms with Crippen LogP contribution in [0.1, 0.15) is 52.9 Å². The summed E-state index contributed by atoms with van der Waals surface area (Å²) < 4.78 is 0. The molecule has 0 aromatic rings. The van der Waals surface area contributed by atoms with Crippen molar-refractivity contribution in [1.29, 1.82) is 0 Å². The standard InChI is InChI=1S/C14H24O/c1-12(2)8-7-9-13(3)14(15)10-5-4-6-11-14/h4-5,8,13,15H,6-7,9-11H2,1-3H3. The first-order chi connectivity index (χ1) is 7.04. The van der Waals surface area contributed by atoms with E-state index in [4.69, 9.17) is 0 Å². The molecule has 0 saturated heterocycles. The Kier molecular flexibility index (Phi) is 4.59. The number of aliphatic hydroxyl groups is 1. The highest BCUT2D eigenvalue weighted by Crippen LogP contribution is 2.33. The molecule has 0 aromatic carbocycles. The minimum Gasteiger partial charge on any atom is -0.389 e. The van der Waals surface area contributed by atoms with Crippen molar-refractivity contribution in [2.75, 3.05) is 0 Å². The lowest BCUT2D eigenvalue weighted by molar-refractivity contribution is -0.0222. The number of rotatable bonds is 4. The Balaban J connectivity index is 2.41. The molecule has 1 aliphatic carbocycles. The van der Waals surface area contributed by atoms with Crippen LogP contribution in [0, 0.1) is 5.92 Å². The first kappa shape index (κ1) is 12.5. The van der Waals surface area contributed by atoms with Gasteiger partial charge in [-0.25, -0.2) is 0 Å². The van der Waals surface area contributed by atoms with E-state index in [1.165, 1.54) is 5.57 Å². The van der Waals surface area contributed by atoms with E-state index in [1.54, 1.807) is 0 Å². The van der Waals surface area contributed by atoms with Crippen molar-refractivity contribution in [3.8, 4) is 0 Å². The lowest BCUT2D eigenvalue weighted by Crippen LogP contribution is -2.37. The number of allylic oxidation sites excluding steroid dienone is 3. The van der Waals surface area contributed by atoms with Gasteiger partial charge in [-0.2, -0.15) is 0 Å². The molecule has 1 N–H and O–H groups in total. The highest BCUT2D eigenvalue weighted by atomic mass is 16.3. The third-order valence-electron chi connectivity index (χ3n) is 3.45. The molecule has 2 unspecified atom stereocenters. The zero-order valence-corrected chi connectivity index (χ0v) is 10.3. The molecule has 0 aromatic heterocycles. The summed E-state index contributed by atoms with van der Waals surface area (Å²) in [7, 11) is 0. The van der Waals surface area contributed by atoms with Crippen LogP contribution >= 0.6 is 0 Å². The molecule has 1 aliphatic rings. The van der Waals surface area contributed by atoms with Crippen LogP contribution in [0.2, 0.25) is 0 Å². The second kappa shape index (κ2) is 5.50. The molecule has 0 spiro atoms. The van der Waals surface area contributed by atoms with Crippen LogP contribution in [0.5, 0.6) is 0 Å². The fourth-order valence-corrected chi connectivity index (χ4v) is 2.18. The average Bonchev–Trinajstić information content (AvgIpc) is 2.18. The molecule has 1 heteroatoms. The summed E-state index contributed by atoms with van der Waals surface area (Å²) in [6.07, 6.45) is 11.5. The van der Waals surface area contributed by atoms with Crippen LogP contribution in [-0.4, -0.2) is 10.7 Å². The van der Waals surface area contributed by atoms with Gasteiger partial charge in [0.15, 0.2) is 0 Å². The Hall–Kier alpha value is -0.560. The van der Waals surface area contributed by atoms with Crippen LogP contribution in [0.15, 0.2) is 23.8 Å². The number of hydrogen-bond donors (Lipinski definition) is 1. The van der Waals surface area contributed by atoms with E-state index in [0.29, 0.717) is 5.92 Å². The minimum absolute atomic E-state index is 0.401. The summed E-state index contributed by atoms with van der Waals surface area (Å²) in [6.45, 7) is 6.43. The monoisotopic (exact) mass is 208 g/mol. The van der Waals surface area contributed by atoms with Crippen LogP contribution in [-0.2, 0) is 0 Å². The van der Waals surface area contributed by atoms with Crippen LogP contribution in [0.3, 0.4) is 0 Å². The van der Waals surface area contributed by atoms with Gasteiger partial charge in [-0.3, -0.25) is 0 Å². The normalized spacial score (nSPS) is 27.5. The van der Waals surface area contributed by atoms with Gasteiger partial charge in [0.2, 0.25) is 0 Å². The van der Waals surface area contributed by atoms with Gasteiger partial charge in [-0.1, -0.05) is 30.7 Å². The second-order valence-electron chi connectivity index (χ2n) is 5.08. The molecule has 2 atom stereocenters. The SMILES string of the molecule is CC(C)=CCCC(C)C1(O)CC=CCC1. The molecule has 15 heavy (non-hydrogen) atoms. The van der Waals surface area contributed by atoms with Crippen molar-refractivity contribution >= 4 is 0 Å². The molecule has 0 radical (unpaired) electrons. The molecule has 0 fully saturated rings. The van der Waals surface area contributed by atoms with Gasteiger partial charge >= 0.3 is 0 Å². The highest BCUT2D eigenvalue weighted by Gasteiger charge is 2.32. The summed E-state index contributed by atoms with van der Waals surface area (Å²) in [5.41, 5.74) is 0.933. The van der Waals surface area contributed by atoms with Crippen molar-refractivity contribution < 1.29 is 5.11 Å². The molecule has 0 heterocycles. The maximum atomic E-state index is 10.4. The summed E-state index contributed by atoms with van der Waals surface area (Å²) in [4.78, 5) is 0. The average molecular weight is 208 g/mol. The maximum absolute atomic E-state index is 10.4. The summed E-state index contributed by atoms with van der Waals surface area (Å²) in [5.74, 6) is 0.401. The van der Waals surface area contributed by atoms with Gasteiger partial charge in [-0.15, -0.1) is 0 Å². The van der Waals surface area contributed by atoms with E-state index < -0.39 is 5.60 Å². The smallest absolute Gasteiger partial charge is 0.0710 e. The van der Waals surface area contributed by atoms with E-state index in [-0.39, 0.29) is 0 Å². The first-order valence-electron chi connectivity index (χ1n) is 6.05. The molecule has 1 nitrogen and oxygen atoms in total. The Bertz CT molecular complexity index is 248. The van der Waals surface area contributed by atoms with Crippen molar-refractivity contribution in [3.05, 3.63) is 23.8 Å². The van der Waals surface area contributed by atoms with E-state index in [9.17, 15) is 5.11 Å². The zero-order chi connectivity index (χ0) is 11.3. The molecule has 86 valence electrons. The first-order valence-corrected chi connectivity index (χ1v) is 6.05. The minimum atomic E-state index is -0.440. The zero-order valence-electron chi connectivity index (χ0n) is 10.3. The van der Waals surface area contributed by atoms with Crippen LogP contribution < -0.4 is 0 Å². The fourth-order valence-electron chi connectivity index (χ4n) is 2.18. The van der Waals surface area contributed by atoms with Crippen molar-refractivity contribution in [2.45, 2.75) is 58.5 Å². The Morgan fingerprint density at radius 2 is 2.20 bits per heavy atom. The fraction of sp³-hybridized carbons (Fsp3) is 0.714. The lowest BCUT2D eigenvalue weighted by atomic mass is 9.77. The largest absolute Gasteiger partial charge is 0.389 e. The molecule has 0 aliphatic heterocycles. The van der Waals surface area contributed by atoms with Crippen molar-refractivity contribution in [1.82, 2.24) is 0 Å². The highest BCUT2D eigenvalue weighted by molar-refractivity contribution is 5.01. The van der Waals surface area contributed by atoms with Crippen molar-refractivity contribution in [3.63, 3.8) is 0 Å². The summed E-state index contributed by atoms with van der Waals surface area (Å²) in [5, 5.41) is 10.4.